The molecule has 0 aliphatic rings. The standard InChI is InChI=1S/C18H30O4S2/c1-3-5-7-12-17(23(19)20)15-10-9-11-16(14-15)18(24(21)22)13-8-6-4-2/h9-11,14,17-18H,3-8,12-13H2,1-2H3,(H,19,20)(H,21,22). The molecule has 6 heteroatoms. The van der Waals surface area contributed by atoms with E-state index >= 15 is 0 Å². The van der Waals surface area contributed by atoms with Gasteiger partial charge in [-0.15, -0.1) is 0 Å². The van der Waals surface area contributed by atoms with E-state index in [9.17, 15) is 17.5 Å². The van der Waals surface area contributed by atoms with Gasteiger partial charge in [0.1, 0.15) is 0 Å². The predicted molar refractivity (Wildman–Crippen MR) is 102 cm³/mol. The van der Waals surface area contributed by atoms with Gasteiger partial charge in [0.25, 0.3) is 0 Å². The largest absolute Gasteiger partial charge is 0.306 e. The third-order valence-corrected chi connectivity index (χ3v) is 6.27. The van der Waals surface area contributed by atoms with Crippen LogP contribution < -0.4 is 0 Å². The zero-order valence-electron chi connectivity index (χ0n) is 14.6. The van der Waals surface area contributed by atoms with Crippen LogP contribution in [0.3, 0.4) is 0 Å². The van der Waals surface area contributed by atoms with Crippen LogP contribution >= 0.6 is 0 Å². The number of hydrogen-bond donors (Lipinski definition) is 2. The third-order valence-electron chi connectivity index (χ3n) is 4.28. The van der Waals surface area contributed by atoms with Gasteiger partial charge in [-0.1, -0.05) is 76.6 Å². The van der Waals surface area contributed by atoms with Gasteiger partial charge in [-0.05, 0) is 24.0 Å². The van der Waals surface area contributed by atoms with E-state index in [2.05, 4.69) is 13.8 Å². The van der Waals surface area contributed by atoms with Gasteiger partial charge < -0.3 is 9.11 Å². The highest BCUT2D eigenvalue weighted by Gasteiger charge is 2.21. The Morgan fingerprint density at radius 2 is 1.25 bits per heavy atom. The van der Waals surface area contributed by atoms with E-state index in [4.69, 9.17) is 0 Å². The van der Waals surface area contributed by atoms with Crippen LogP contribution in [0.5, 0.6) is 0 Å². The minimum atomic E-state index is -1.94. The van der Waals surface area contributed by atoms with Crippen molar-refractivity contribution >= 4 is 22.2 Å². The van der Waals surface area contributed by atoms with Gasteiger partial charge in [0.15, 0.2) is 22.2 Å². The Morgan fingerprint density at radius 1 is 0.833 bits per heavy atom. The molecule has 4 nitrogen and oxygen atoms in total. The Kier molecular flexibility index (Phi) is 10.7. The lowest BCUT2D eigenvalue weighted by atomic mass is 10.00. The molecule has 4 unspecified atom stereocenters. The van der Waals surface area contributed by atoms with E-state index in [1.165, 1.54) is 0 Å². The highest BCUT2D eigenvalue weighted by atomic mass is 32.2. The fraction of sp³-hybridized carbons (Fsp3) is 0.667. The van der Waals surface area contributed by atoms with Crippen LogP contribution in [-0.2, 0) is 22.2 Å². The molecule has 0 aliphatic heterocycles. The molecule has 4 atom stereocenters. The summed E-state index contributed by atoms with van der Waals surface area (Å²) in [6.45, 7) is 4.20. The molecule has 138 valence electrons. The Hall–Kier alpha value is -0.560. The van der Waals surface area contributed by atoms with Gasteiger partial charge in [0, 0.05) is 0 Å². The molecule has 0 aromatic heterocycles. The summed E-state index contributed by atoms with van der Waals surface area (Å²) in [6, 6.07) is 7.36. The Bertz CT molecular complexity index is 490. The zero-order chi connectivity index (χ0) is 17.9. The number of rotatable bonds is 12. The average Bonchev–Trinajstić information content (AvgIpc) is 2.55. The summed E-state index contributed by atoms with van der Waals surface area (Å²) in [4.78, 5) is 0. The molecular formula is C18H30O4S2. The molecule has 1 aromatic rings. The monoisotopic (exact) mass is 374 g/mol. The molecular weight excluding hydrogens is 344 g/mol. The lowest BCUT2D eigenvalue weighted by molar-refractivity contribution is 0.533. The van der Waals surface area contributed by atoms with Gasteiger partial charge in [-0.2, -0.15) is 0 Å². The minimum Gasteiger partial charge on any atom is -0.306 e. The van der Waals surface area contributed by atoms with E-state index in [-0.39, 0.29) is 0 Å². The van der Waals surface area contributed by atoms with Crippen molar-refractivity contribution in [3.63, 3.8) is 0 Å². The third kappa shape index (κ3) is 7.13. The molecule has 0 spiro atoms. The van der Waals surface area contributed by atoms with Crippen molar-refractivity contribution in [2.24, 2.45) is 0 Å². The van der Waals surface area contributed by atoms with Crippen molar-refractivity contribution in [1.82, 2.24) is 0 Å². The molecule has 2 N–H and O–H groups in total. The molecule has 0 aliphatic carbocycles. The van der Waals surface area contributed by atoms with Crippen molar-refractivity contribution in [3.8, 4) is 0 Å². The first-order chi connectivity index (χ1) is 11.5. The quantitative estimate of drug-likeness (QED) is 0.381. The van der Waals surface area contributed by atoms with Gasteiger partial charge in [0.2, 0.25) is 0 Å². The number of unbranched alkanes of at least 4 members (excludes halogenated alkanes) is 4. The van der Waals surface area contributed by atoms with Crippen molar-refractivity contribution in [2.75, 3.05) is 0 Å². The first kappa shape index (κ1) is 21.5. The second kappa shape index (κ2) is 11.9. The second-order valence-electron chi connectivity index (χ2n) is 6.19. The van der Waals surface area contributed by atoms with E-state index < -0.39 is 32.7 Å². The molecule has 0 amide bonds. The fourth-order valence-corrected chi connectivity index (χ4v) is 4.38. The van der Waals surface area contributed by atoms with Crippen LogP contribution in [-0.4, -0.2) is 17.5 Å². The summed E-state index contributed by atoms with van der Waals surface area (Å²) in [7, 11) is 0. The molecule has 0 saturated carbocycles. The lowest BCUT2D eigenvalue weighted by Gasteiger charge is -2.18. The van der Waals surface area contributed by atoms with Crippen molar-refractivity contribution < 1.29 is 17.5 Å². The summed E-state index contributed by atoms with van der Waals surface area (Å²) >= 11 is -3.87. The number of benzene rings is 1. The first-order valence-electron chi connectivity index (χ1n) is 8.80. The average molecular weight is 375 g/mol. The van der Waals surface area contributed by atoms with Gasteiger partial charge >= 0.3 is 0 Å². The maximum Gasteiger partial charge on any atom is 0.160 e. The topological polar surface area (TPSA) is 74.6 Å². The fourth-order valence-electron chi connectivity index (χ4n) is 2.89. The van der Waals surface area contributed by atoms with Crippen molar-refractivity contribution in [3.05, 3.63) is 35.4 Å². The number of hydrogen-bond acceptors (Lipinski definition) is 2. The smallest absolute Gasteiger partial charge is 0.160 e. The van der Waals surface area contributed by atoms with E-state index in [0.29, 0.717) is 12.8 Å². The minimum absolute atomic E-state index is 0.431. The van der Waals surface area contributed by atoms with E-state index in [1.807, 2.05) is 24.3 Å². The van der Waals surface area contributed by atoms with Gasteiger partial charge in [0.05, 0.1) is 10.5 Å². The SMILES string of the molecule is CCCCCC(c1cccc(C(CCCCC)S(=O)O)c1)S(=O)O. The predicted octanol–water partition coefficient (Wildman–Crippen LogP) is 5.37. The molecule has 0 bridgehead atoms. The molecule has 0 radical (unpaired) electrons. The van der Waals surface area contributed by atoms with Crippen LogP contribution in [0.15, 0.2) is 24.3 Å². The lowest BCUT2D eigenvalue weighted by Crippen LogP contribution is -2.09. The van der Waals surface area contributed by atoms with E-state index in [0.717, 1.165) is 49.7 Å². The first-order valence-corrected chi connectivity index (χ1v) is 11.1. The summed E-state index contributed by atoms with van der Waals surface area (Å²) in [5.74, 6) is 0. The van der Waals surface area contributed by atoms with Crippen molar-refractivity contribution in [2.45, 2.75) is 75.7 Å². The summed E-state index contributed by atoms with van der Waals surface area (Å²) in [5.41, 5.74) is 1.57. The summed E-state index contributed by atoms with van der Waals surface area (Å²) in [6.07, 6.45) is 7.32. The molecule has 1 aromatic carbocycles. The van der Waals surface area contributed by atoms with Gasteiger partial charge in [-0.3, -0.25) is 0 Å². The van der Waals surface area contributed by atoms with Crippen LogP contribution in [0.4, 0.5) is 0 Å². The molecule has 24 heavy (non-hydrogen) atoms. The van der Waals surface area contributed by atoms with Crippen LogP contribution in [0, 0.1) is 0 Å². The molecule has 0 saturated heterocycles. The summed E-state index contributed by atoms with van der Waals surface area (Å²) < 4.78 is 42.7. The van der Waals surface area contributed by atoms with Gasteiger partial charge in [-0.25, -0.2) is 8.42 Å². The highest BCUT2D eigenvalue weighted by molar-refractivity contribution is 7.79. The highest BCUT2D eigenvalue weighted by Crippen LogP contribution is 2.31. The maximum absolute atomic E-state index is 11.7. The maximum atomic E-state index is 11.7. The van der Waals surface area contributed by atoms with Crippen LogP contribution in [0.25, 0.3) is 0 Å². The molecule has 1 rings (SSSR count). The normalized spacial score (nSPS) is 16.5. The Labute approximate surface area is 151 Å². The van der Waals surface area contributed by atoms with Crippen LogP contribution in [0.1, 0.15) is 86.8 Å². The van der Waals surface area contributed by atoms with E-state index in [1.54, 1.807) is 0 Å². The Morgan fingerprint density at radius 3 is 1.58 bits per heavy atom. The Balaban J connectivity index is 2.95. The zero-order valence-corrected chi connectivity index (χ0v) is 16.3. The summed E-state index contributed by atoms with van der Waals surface area (Å²) in [5, 5.41) is -0.861. The second-order valence-corrected chi connectivity index (χ2v) is 8.43. The molecule has 0 fully saturated rings. The van der Waals surface area contributed by atoms with Crippen molar-refractivity contribution in [1.29, 1.82) is 0 Å². The molecule has 0 heterocycles. The van der Waals surface area contributed by atoms with Crippen LogP contribution in [0.2, 0.25) is 0 Å².